The summed E-state index contributed by atoms with van der Waals surface area (Å²) in [5, 5.41) is 20.9. The van der Waals surface area contributed by atoms with Gasteiger partial charge in [-0.15, -0.1) is 0 Å². The number of aliphatic carboxylic acids is 1. The monoisotopic (exact) mass is 249 g/mol. The molecule has 2 atom stereocenters. The van der Waals surface area contributed by atoms with Crippen LogP contribution in [-0.2, 0) is 4.79 Å². The van der Waals surface area contributed by atoms with Gasteiger partial charge in [-0.2, -0.15) is 0 Å². The minimum absolute atomic E-state index is 0.114. The van der Waals surface area contributed by atoms with E-state index in [1.807, 2.05) is 0 Å². The van der Waals surface area contributed by atoms with Gasteiger partial charge in [-0.1, -0.05) is 12.1 Å². The molecular weight excluding hydrogens is 234 g/mol. The van der Waals surface area contributed by atoms with Gasteiger partial charge in [-0.25, -0.2) is 4.79 Å². The lowest BCUT2D eigenvalue weighted by atomic mass is 9.91. The number of carbonyl (C=O) groups is 2. The van der Waals surface area contributed by atoms with E-state index in [2.05, 4.69) is 5.32 Å². The Balaban J connectivity index is 2.01. The third kappa shape index (κ3) is 2.68. The normalized spacial score (nSPS) is 23.6. The Morgan fingerprint density at radius 3 is 2.22 bits per heavy atom. The fourth-order valence-corrected chi connectivity index (χ4v) is 2.21. The molecule has 0 aromatic heterocycles. The van der Waals surface area contributed by atoms with E-state index in [9.17, 15) is 9.59 Å². The Kier molecular flexibility index (Phi) is 3.62. The Hall–Kier alpha value is -1.88. The highest BCUT2D eigenvalue weighted by atomic mass is 16.4. The van der Waals surface area contributed by atoms with Gasteiger partial charge in [0.25, 0.3) is 0 Å². The molecule has 0 bridgehead atoms. The summed E-state index contributed by atoms with van der Waals surface area (Å²) in [4.78, 5) is 21.5. The van der Waals surface area contributed by atoms with E-state index in [1.54, 1.807) is 24.3 Å². The third-order valence-electron chi connectivity index (χ3n) is 3.32. The molecule has 5 heteroatoms. The highest BCUT2D eigenvalue weighted by Crippen LogP contribution is 2.26. The van der Waals surface area contributed by atoms with Crippen molar-refractivity contribution in [3.63, 3.8) is 0 Å². The summed E-state index contributed by atoms with van der Waals surface area (Å²) >= 11 is 0. The fourth-order valence-electron chi connectivity index (χ4n) is 2.21. The van der Waals surface area contributed by atoms with Crippen molar-refractivity contribution >= 4 is 11.9 Å². The molecule has 2 rings (SSSR count). The lowest BCUT2D eigenvalue weighted by molar-refractivity contribution is -0.142. The molecule has 96 valence electrons. The molecule has 3 N–H and O–H groups in total. The van der Waals surface area contributed by atoms with Crippen LogP contribution in [0.2, 0.25) is 0 Å². The van der Waals surface area contributed by atoms with E-state index in [0.29, 0.717) is 13.0 Å². The van der Waals surface area contributed by atoms with E-state index < -0.39 is 11.9 Å². The highest BCUT2D eigenvalue weighted by Gasteiger charge is 2.26. The van der Waals surface area contributed by atoms with Gasteiger partial charge in [-0.05, 0) is 30.5 Å². The van der Waals surface area contributed by atoms with Crippen LogP contribution in [0, 0.1) is 5.92 Å². The summed E-state index contributed by atoms with van der Waals surface area (Å²) in [6.07, 6.45) is 1.40. The molecule has 1 aromatic rings. The Morgan fingerprint density at radius 2 is 1.78 bits per heavy atom. The summed E-state index contributed by atoms with van der Waals surface area (Å²) in [6.45, 7) is 0.459. The van der Waals surface area contributed by atoms with Crippen molar-refractivity contribution in [1.82, 2.24) is 5.32 Å². The quantitative estimate of drug-likeness (QED) is 0.756. The first-order chi connectivity index (χ1) is 8.58. The van der Waals surface area contributed by atoms with Crippen LogP contribution in [0.3, 0.4) is 0 Å². The van der Waals surface area contributed by atoms with Gasteiger partial charge in [0.2, 0.25) is 0 Å². The van der Waals surface area contributed by atoms with Crippen molar-refractivity contribution < 1.29 is 19.8 Å². The summed E-state index contributed by atoms with van der Waals surface area (Å²) in [5.41, 5.74) is 1.27. The van der Waals surface area contributed by atoms with Crippen LogP contribution < -0.4 is 5.32 Å². The average Bonchev–Trinajstić information content (AvgIpc) is 2.39. The molecule has 0 amide bonds. The minimum Gasteiger partial charge on any atom is -0.481 e. The molecule has 1 fully saturated rings. The summed E-state index contributed by atoms with van der Waals surface area (Å²) in [6, 6.07) is 6.82. The van der Waals surface area contributed by atoms with E-state index >= 15 is 0 Å². The zero-order valence-electron chi connectivity index (χ0n) is 9.80. The number of carboxylic acid groups (broad SMARTS) is 2. The number of carboxylic acids is 2. The van der Waals surface area contributed by atoms with Crippen LogP contribution in [0.5, 0.6) is 0 Å². The SMILES string of the molecule is O=C(O)c1ccc(C2CCC(C(=O)O)CN2)cc1. The molecule has 2 unspecified atom stereocenters. The molecule has 1 aromatic carbocycles. The van der Waals surface area contributed by atoms with Crippen LogP contribution in [0.15, 0.2) is 24.3 Å². The Morgan fingerprint density at radius 1 is 1.11 bits per heavy atom. The van der Waals surface area contributed by atoms with Gasteiger partial charge < -0.3 is 15.5 Å². The van der Waals surface area contributed by atoms with Crippen LogP contribution >= 0.6 is 0 Å². The van der Waals surface area contributed by atoms with Crippen LogP contribution in [0.1, 0.15) is 34.8 Å². The van der Waals surface area contributed by atoms with Crippen molar-refractivity contribution in [2.75, 3.05) is 6.54 Å². The first kappa shape index (κ1) is 12.6. The molecule has 0 radical (unpaired) electrons. The summed E-state index contributed by atoms with van der Waals surface area (Å²) < 4.78 is 0. The maximum atomic E-state index is 10.8. The van der Waals surface area contributed by atoms with E-state index in [1.165, 1.54) is 0 Å². The molecule has 1 saturated heterocycles. The molecule has 1 aliphatic heterocycles. The van der Waals surface area contributed by atoms with Crippen LogP contribution in [0.4, 0.5) is 0 Å². The second kappa shape index (κ2) is 5.18. The highest BCUT2D eigenvalue weighted by molar-refractivity contribution is 5.87. The Bertz CT molecular complexity index is 447. The largest absolute Gasteiger partial charge is 0.481 e. The number of hydrogen-bond donors (Lipinski definition) is 3. The first-order valence-corrected chi connectivity index (χ1v) is 5.87. The second-order valence-electron chi connectivity index (χ2n) is 4.50. The van der Waals surface area contributed by atoms with Crippen molar-refractivity contribution in [1.29, 1.82) is 0 Å². The molecule has 0 spiro atoms. The average molecular weight is 249 g/mol. The number of rotatable bonds is 3. The topological polar surface area (TPSA) is 86.6 Å². The van der Waals surface area contributed by atoms with Gasteiger partial charge in [-0.3, -0.25) is 4.79 Å². The molecule has 0 saturated carbocycles. The number of aromatic carboxylic acids is 1. The Labute approximate surface area is 104 Å². The molecule has 1 heterocycles. The molecule has 1 aliphatic rings. The lowest BCUT2D eigenvalue weighted by Crippen LogP contribution is -2.36. The zero-order valence-corrected chi connectivity index (χ0v) is 9.80. The van der Waals surface area contributed by atoms with Gasteiger partial charge in [0.1, 0.15) is 0 Å². The summed E-state index contributed by atoms with van der Waals surface area (Å²) in [7, 11) is 0. The maximum absolute atomic E-state index is 10.8. The predicted octanol–water partition coefficient (Wildman–Crippen LogP) is 1.51. The number of hydrogen-bond acceptors (Lipinski definition) is 3. The summed E-state index contributed by atoms with van der Waals surface area (Å²) in [5.74, 6) is -2.02. The lowest BCUT2D eigenvalue weighted by Gasteiger charge is -2.28. The molecule has 5 nitrogen and oxygen atoms in total. The fraction of sp³-hybridized carbons (Fsp3) is 0.385. The van der Waals surface area contributed by atoms with Crippen molar-refractivity contribution in [3.8, 4) is 0 Å². The predicted molar refractivity (Wildman–Crippen MR) is 64.5 cm³/mol. The molecule has 0 aliphatic carbocycles. The smallest absolute Gasteiger partial charge is 0.335 e. The van der Waals surface area contributed by atoms with Crippen molar-refractivity contribution in [2.24, 2.45) is 5.92 Å². The van der Waals surface area contributed by atoms with Gasteiger partial charge in [0.15, 0.2) is 0 Å². The zero-order chi connectivity index (χ0) is 13.1. The number of piperidine rings is 1. The first-order valence-electron chi connectivity index (χ1n) is 5.87. The van der Waals surface area contributed by atoms with Gasteiger partial charge in [0, 0.05) is 12.6 Å². The molecule has 18 heavy (non-hydrogen) atoms. The minimum atomic E-state index is -0.941. The van der Waals surface area contributed by atoms with Gasteiger partial charge >= 0.3 is 11.9 Å². The van der Waals surface area contributed by atoms with E-state index in [-0.39, 0.29) is 17.5 Å². The van der Waals surface area contributed by atoms with Gasteiger partial charge in [0.05, 0.1) is 11.5 Å². The van der Waals surface area contributed by atoms with E-state index in [0.717, 1.165) is 12.0 Å². The van der Waals surface area contributed by atoms with Crippen LogP contribution in [-0.4, -0.2) is 28.7 Å². The standard InChI is InChI=1S/C13H15NO4/c15-12(16)9-3-1-8(2-4-9)11-6-5-10(7-14-11)13(17)18/h1-4,10-11,14H,5-7H2,(H,15,16)(H,17,18). The maximum Gasteiger partial charge on any atom is 0.335 e. The van der Waals surface area contributed by atoms with Crippen molar-refractivity contribution in [3.05, 3.63) is 35.4 Å². The van der Waals surface area contributed by atoms with Crippen molar-refractivity contribution in [2.45, 2.75) is 18.9 Å². The second-order valence-corrected chi connectivity index (χ2v) is 4.50. The third-order valence-corrected chi connectivity index (χ3v) is 3.32. The van der Waals surface area contributed by atoms with Crippen LogP contribution in [0.25, 0.3) is 0 Å². The number of benzene rings is 1. The molecular formula is C13H15NO4. The van der Waals surface area contributed by atoms with E-state index in [4.69, 9.17) is 10.2 Å². The number of nitrogens with one attached hydrogen (secondary N) is 1.